The lowest BCUT2D eigenvalue weighted by molar-refractivity contribution is -0.126. The van der Waals surface area contributed by atoms with E-state index in [-0.39, 0.29) is 54.0 Å². The number of aliphatic imine (C=N–C) groups is 1. The third-order valence-corrected chi connectivity index (χ3v) is 4.91. The fourth-order valence-corrected chi connectivity index (χ4v) is 3.58. The molecule has 0 bridgehead atoms. The molecular formula is C19H37IN4O3. The molecule has 1 aliphatic heterocycles. The molecular weight excluding hydrogens is 459 g/mol. The predicted molar refractivity (Wildman–Crippen MR) is 119 cm³/mol. The summed E-state index contributed by atoms with van der Waals surface area (Å²) in [6, 6.07) is 0.477. The van der Waals surface area contributed by atoms with E-state index in [4.69, 9.17) is 9.47 Å². The second-order valence-electron chi connectivity index (χ2n) is 7.58. The lowest BCUT2D eigenvalue weighted by Gasteiger charge is -2.30. The van der Waals surface area contributed by atoms with Crippen LogP contribution in [0.2, 0.25) is 0 Å². The van der Waals surface area contributed by atoms with Crippen LogP contribution in [0.1, 0.15) is 52.4 Å². The largest absolute Gasteiger partial charge is 0.377 e. The average Bonchev–Trinajstić information content (AvgIpc) is 3.13. The maximum absolute atomic E-state index is 12.3. The summed E-state index contributed by atoms with van der Waals surface area (Å²) in [7, 11) is 1.77. The van der Waals surface area contributed by atoms with Gasteiger partial charge in [-0.15, -0.1) is 24.0 Å². The van der Waals surface area contributed by atoms with Gasteiger partial charge in [0.15, 0.2) is 5.96 Å². The Balaban J connectivity index is 0.00000364. The Morgan fingerprint density at radius 2 is 2.07 bits per heavy atom. The van der Waals surface area contributed by atoms with Crippen LogP contribution in [-0.2, 0) is 14.3 Å². The molecule has 0 spiro atoms. The molecule has 2 rings (SSSR count). The van der Waals surface area contributed by atoms with Gasteiger partial charge in [0, 0.05) is 38.2 Å². The van der Waals surface area contributed by atoms with Crippen LogP contribution in [-0.4, -0.2) is 63.5 Å². The molecule has 3 atom stereocenters. The predicted octanol–water partition coefficient (Wildman–Crippen LogP) is 2.05. The van der Waals surface area contributed by atoms with Crippen LogP contribution in [0.4, 0.5) is 0 Å². The van der Waals surface area contributed by atoms with Gasteiger partial charge in [-0.2, -0.15) is 0 Å². The molecule has 27 heavy (non-hydrogen) atoms. The van der Waals surface area contributed by atoms with Crippen LogP contribution in [0.25, 0.3) is 0 Å². The number of guanidine groups is 1. The number of rotatable bonds is 8. The molecule has 2 fully saturated rings. The van der Waals surface area contributed by atoms with Crippen LogP contribution < -0.4 is 16.0 Å². The number of carbonyl (C=O) groups is 1. The van der Waals surface area contributed by atoms with Gasteiger partial charge >= 0.3 is 0 Å². The number of hydrogen-bond acceptors (Lipinski definition) is 4. The van der Waals surface area contributed by atoms with Crippen molar-refractivity contribution in [2.45, 2.75) is 70.6 Å². The Morgan fingerprint density at radius 1 is 1.26 bits per heavy atom. The van der Waals surface area contributed by atoms with Crippen LogP contribution >= 0.6 is 24.0 Å². The van der Waals surface area contributed by atoms with Crippen LogP contribution in [0.5, 0.6) is 0 Å². The highest BCUT2D eigenvalue weighted by molar-refractivity contribution is 14.0. The Morgan fingerprint density at radius 3 is 2.74 bits per heavy atom. The number of amides is 1. The van der Waals surface area contributed by atoms with Gasteiger partial charge in [0.05, 0.1) is 19.3 Å². The van der Waals surface area contributed by atoms with E-state index in [1.54, 1.807) is 7.05 Å². The van der Waals surface area contributed by atoms with E-state index in [2.05, 4.69) is 20.9 Å². The first-order valence-electron chi connectivity index (χ1n) is 10.1. The van der Waals surface area contributed by atoms with Crippen molar-refractivity contribution < 1.29 is 14.3 Å². The highest BCUT2D eigenvalue weighted by Crippen LogP contribution is 2.24. The Hall–Kier alpha value is -0.610. The van der Waals surface area contributed by atoms with Crippen molar-refractivity contribution in [2.75, 3.05) is 33.4 Å². The van der Waals surface area contributed by atoms with Crippen LogP contribution in [0, 0.1) is 5.92 Å². The van der Waals surface area contributed by atoms with Crippen molar-refractivity contribution in [3.05, 3.63) is 0 Å². The molecule has 3 unspecified atom stereocenters. The van der Waals surface area contributed by atoms with Crippen molar-refractivity contribution >= 4 is 35.8 Å². The maximum Gasteiger partial charge on any atom is 0.223 e. The summed E-state index contributed by atoms with van der Waals surface area (Å²) >= 11 is 0. The Bertz CT molecular complexity index is 456. The van der Waals surface area contributed by atoms with Gasteiger partial charge in [-0.25, -0.2) is 0 Å². The topological polar surface area (TPSA) is 84.0 Å². The zero-order valence-corrected chi connectivity index (χ0v) is 19.3. The third kappa shape index (κ3) is 9.43. The highest BCUT2D eigenvalue weighted by Gasteiger charge is 2.28. The Kier molecular flexibility index (Phi) is 12.3. The quantitative estimate of drug-likeness (QED) is 0.207. The lowest BCUT2D eigenvalue weighted by atomic mass is 9.85. The first-order chi connectivity index (χ1) is 12.6. The van der Waals surface area contributed by atoms with E-state index in [0.717, 1.165) is 51.1 Å². The van der Waals surface area contributed by atoms with Gasteiger partial charge in [0.25, 0.3) is 0 Å². The molecule has 1 amide bonds. The van der Waals surface area contributed by atoms with Crippen molar-refractivity contribution in [3.63, 3.8) is 0 Å². The number of nitrogens with one attached hydrogen (secondary N) is 3. The minimum Gasteiger partial charge on any atom is -0.377 e. The number of hydrogen-bond donors (Lipinski definition) is 3. The highest BCUT2D eigenvalue weighted by atomic mass is 127. The molecule has 0 aromatic carbocycles. The summed E-state index contributed by atoms with van der Waals surface area (Å²) in [4.78, 5) is 16.5. The van der Waals surface area contributed by atoms with E-state index in [1.807, 2.05) is 13.8 Å². The van der Waals surface area contributed by atoms with Gasteiger partial charge in [-0.05, 0) is 46.0 Å². The van der Waals surface area contributed by atoms with Crippen LogP contribution in [0.3, 0.4) is 0 Å². The van der Waals surface area contributed by atoms with E-state index >= 15 is 0 Å². The molecule has 3 N–H and O–H groups in total. The van der Waals surface area contributed by atoms with Gasteiger partial charge in [-0.3, -0.25) is 9.79 Å². The SMILES string of the molecule is CN=C(NCCOCC1CCCO1)NC1CCCC(C(=O)NC(C)C)C1.I. The number of ether oxygens (including phenoxy) is 2. The fraction of sp³-hybridized carbons (Fsp3) is 0.895. The van der Waals surface area contributed by atoms with E-state index in [1.165, 1.54) is 0 Å². The molecule has 0 aromatic heterocycles. The molecule has 0 aromatic rings. The first kappa shape index (κ1) is 24.4. The lowest BCUT2D eigenvalue weighted by Crippen LogP contribution is -2.48. The fourth-order valence-electron chi connectivity index (χ4n) is 3.58. The van der Waals surface area contributed by atoms with Crippen LogP contribution in [0.15, 0.2) is 4.99 Å². The number of nitrogens with zero attached hydrogens (tertiary/aromatic N) is 1. The number of carbonyl (C=O) groups excluding carboxylic acids is 1. The first-order valence-corrected chi connectivity index (χ1v) is 10.1. The van der Waals surface area contributed by atoms with E-state index in [9.17, 15) is 4.79 Å². The second kappa shape index (κ2) is 13.5. The average molecular weight is 496 g/mol. The molecule has 0 radical (unpaired) electrons. The summed E-state index contributed by atoms with van der Waals surface area (Å²) < 4.78 is 11.2. The summed E-state index contributed by atoms with van der Waals surface area (Å²) in [5.74, 6) is 1.05. The summed E-state index contributed by atoms with van der Waals surface area (Å²) in [6.07, 6.45) is 6.47. The number of halogens is 1. The normalized spacial score (nSPS) is 25.8. The molecule has 1 heterocycles. The van der Waals surface area contributed by atoms with Crippen molar-refractivity contribution in [2.24, 2.45) is 10.9 Å². The molecule has 8 heteroatoms. The van der Waals surface area contributed by atoms with Crippen molar-refractivity contribution in [3.8, 4) is 0 Å². The smallest absolute Gasteiger partial charge is 0.223 e. The molecule has 1 aliphatic carbocycles. The van der Waals surface area contributed by atoms with Crippen molar-refractivity contribution in [1.82, 2.24) is 16.0 Å². The van der Waals surface area contributed by atoms with Gasteiger partial charge in [0.2, 0.25) is 5.91 Å². The zero-order chi connectivity index (χ0) is 18.8. The Labute approximate surface area is 180 Å². The molecule has 1 saturated carbocycles. The van der Waals surface area contributed by atoms with Gasteiger partial charge < -0.3 is 25.4 Å². The third-order valence-electron chi connectivity index (χ3n) is 4.91. The minimum atomic E-state index is 0. The second-order valence-corrected chi connectivity index (χ2v) is 7.58. The van der Waals surface area contributed by atoms with E-state index in [0.29, 0.717) is 19.8 Å². The molecule has 158 valence electrons. The monoisotopic (exact) mass is 496 g/mol. The standard InChI is InChI=1S/C19H36N4O3.HI/c1-14(2)22-18(24)15-6-4-7-16(12-15)23-19(20-3)21-9-11-25-13-17-8-5-10-26-17;/h14-17H,4-13H2,1-3H3,(H,22,24)(H2,20,21,23);1H. The van der Waals surface area contributed by atoms with E-state index < -0.39 is 0 Å². The molecule has 2 aliphatic rings. The minimum absolute atomic E-state index is 0. The summed E-state index contributed by atoms with van der Waals surface area (Å²) in [5, 5.41) is 9.78. The van der Waals surface area contributed by atoms with Gasteiger partial charge in [-0.1, -0.05) is 6.42 Å². The molecule has 1 saturated heterocycles. The molecule has 7 nitrogen and oxygen atoms in total. The van der Waals surface area contributed by atoms with Gasteiger partial charge in [0.1, 0.15) is 0 Å². The van der Waals surface area contributed by atoms with Crippen molar-refractivity contribution in [1.29, 1.82) is 0 Å². The summed E-state index contributed by atoms with van der Waals surface area (Å²) in [5.41, 5.74) is 0. The maximum atomic E-state index is 12.3. The summed E-state index contributed by atoms with van der Waals surface area (Å²) in [6.45, 7) is 6.87. The zero-order valence-electron chi connectivity index (χ0n) is 17.0.